The number of aliphatic hydroxyl groups excluding tert-OH is 1. The first-order valence-electron chi connectivity index (χ1n) is 7.27. The highest BCUT2D eigenvalue weighted by atomic mass is 32.1. The number of benzene rings is 1. The largest absolute Gasteiger partial charge is 0.510 e. The van der Waals surface area contributed by atoms with Crippen LogP contribution in [-0.2, 0) is 14.3 Å². The zero-order valence-electron chi connectivity index (χ0n) is 13.3. The molecule has 3 amide bonds. The standard InChI is InChI=1S/C16H14N2O6S/c1-7(19)10(16(23)24-2)18-14(22)11(15(18)25)17-12(20)8-5-3-4-6-9(8)13(17)21/h3-6,11,15,19,25H,1-2H3. The molecule has 2 unspecified atom stereocenters. The van der Waals surface area contributed by atoms with Crippen LogP contribution < -0.4 is 0 Å². The lowest BCUT2D eigenvalue weighted by atomic mass is 10.0. The number of ether oxygens (including phenoxy) is 1. The lowest BCUT2D eigenvalue weighted by molar-refractivity contribution is -0.153. The van der Waals surface area contributed by atoms with Crippen LogP contribution in [0.3, 0.4) is 0 Å². The fourth-order valence-electron chi connectivity index (χ4n) is 2.92. The lowest BCUT2D eigenvalue weighted by Gasteiger charge is -2.47. The Balaban J connectivity index is 1.92. The molecule has 2 aliphatic rings. The van der Waals surface area contributed by atoms with E-state index in [1.807, 2.05) is 0 Å². The third-order valence-corrected chi connectivity index (χ3v) is 4.62. The molecule has 3 rings (SSSR count). The van der Waals surface area contributed by atoms with Crippen molar-refractivity contribution in [3.8, 4) is 0 Å². The zero-order chi connectivity index (χ0) is 18.5. The van der Waals surface area contributed by atoms with Gasteiger partial charge in [0.2, 0.25) is 0 Å². The van der Waals surface area contributed by atoms with Gasteiger partial charge in [-0.05, 0) is 19.1 Å². The minimum atomic E-state index is -1.17. The van der Waals surface area contributed by atoms with Crippen molar-refractivity contribution < 1.29 is 29.0 Å². The maximum atomic E-state index is 12.5. The normalized spacial score (nSPS) is 23.2. The van der Waals surface area contributed by atoms with Gasteiger partial charge in [-0.15, -0.1) is 0 Å². The molecule has 0 radical (unpaired) electrons. The Morgan fingerprint density at radius 2 is 1.68 bits per heavy atom. The number of amides is 3. The molecule has 9 heteroatoms. The summed E-state index contributed by atoms with van der Waals surface area (Å²) in [6, 6.07) is 5.07. The predicted molar refractivity (Wildman–Crippen MR) is 87.7 cm³/mol. The molecule has 0 saturated carbocycles. The summed E-state index contributed by atoms with van der Waals surface area (Å²) in [5, 5.41) is 8.71. The van der Waals surface area contributed by atoms with Gasteiger partial charge >= 0.3 is 5.97 Å². The van der Waals surface area contributed by atoms with Gasteiger partial charge in [-0.3, -0.25) is 24.2 Å². The maximum Gasteiger partial charge on any atom is 0.358 e. The Labute approximate surface area is 148 Å². The molecule has 130 valence electrons. The second kappa shape index (κ2) is 5.92. The average Bonchev–Trinajstić information content (AvgIpc) is 2.84. The molecule has 1 aromatic rings. The summed E-state index contributed by atoms with van der Waals surface area (Å²) >= 11 is 4.24. The van der Waals surface area contributed by atoms with Crippen molar-refractivity contribution in [2.45, 2.75) is 18.3 Å². The topological polar surface area (TPSA) is 104 Å². The fraction of sp³-hybridized carbons (Fsp3) is 0.250. The van der Waals surface area contributed by atoms with Gasteiger partial charge < -0.3 is 9.84 Å². The summed E-state index contributed by atoms with van der Waals surface area (Å²) in [6.07, 6.45) is 0. The van der Waals surface area contributed by atoms with Crippen molar-refractivity contribution in [1.82, 2.24) is 9.80 Å². The molecule has 2 atom stereocenters. The lowest BCUT2D eigenvalue weighted by Crippen LogP contribution is -2.69. The van der Waals surface area contributed by atoms with Gasteiger partial charge in [0.05, 0.1) is 18.2 Å². The van der Waals surface area contributed by atoms with E-state index in [4.69, 9.17) is 0 Å². The van der Waals surface area contributed by atoms with Gasteiger partial charge in [-0.1, -0.05) is 12.1 Å². The number of allylic oxidation sites excluding steroid dienone is 1. The van der Waals surface area contributed by atoms with E-state index < -0.39 is 40.9 Å². The van der Waals surface area contributed by atoms with E-state index in [1.54, 1.807) is 12.1 Å². The van der Waals surface area contributed by atoms with Crippen molar-refractivity contribution in [3.63, 3.8) is 0 Å². The first-order valence-corrected chi connectivity index (χ1v) is 7.79. The van der Waals surface area contributed by atoms with Crippen molar-refractivity contribution in [1.29, 1.82) is 0 Å². The van der Waals surface area contributed by atoms with Gasteiger partial charge in [0.15, 0.2) is 5.70 Å². The highest BCUT2D eigenvalue weighted by molar-refractivity contribution is 7.81. The Morgan fingerprint density at radius 1 is 1.16 bits per heavy atom. The molecule has 0 aromatic heterocycles. The van der Waals surface area contributed by atoms with Crippen LogP contribution in [0.1, 0.15) is 27.6 Å². The highest BCUT2D eigenvalue weighted by Crippen LogP contribution is 2.37. The van der Waals surface area contributed by atoms with Crippen molar-refractivity contribution in [2.24, 2.45) is 0 Å². The number of esters is 1. The van der Waals surface area contributed by atoms with Crippen LogP contribution in [0.5, 0.6) is 0 Å². The molecule has 0 aliphatic carbocycles. The Hall–Kier alpha value is -2.81. The number of hydrogen-bond donors (Lipinski definition) is 2. The number of β-lactam (4-membered cyclic amide) rings is 1. The molecule has 2 aliphatic heterocycles. The smallest absolute Gasteiger partial charge is 0.358 e. The number of nitrogens with zero attached hydrogens (tertiary/aromatic N) is 2. The van der Waals surface area contributed by atoms with Gasteiger partial charge in [0.1, 0.15) is 17.2 Å². The molecule has 1 saturated heterocycles. The van der Waals surface area contributed by atoms with Crippen LogP contribution in [-0.4, -0.2) is 57.1 Å². The first-order chi connectivity index (χ1) is 11.8. The predicted octanol–water partition coefficient (Wildman–Crippen LogP) is 0.712. The molecule has 2 heterocycles. The summed E-state index contributed by atoms with van der Waals surface area (Å²) in [5.74, 6) is -3.25. The van der Waals surface area contributed by atoms with Crippen molar-refractivity contribution >= 4 is 36.3 Å². The molecular weight excluding hydrogens is 348 g/mol. The van der Waals surface area contributed by atoms with Gasteiger partial charge in [-0.25, -0.2) is 4.79 Å². The van der Waals surface area contributed by atoms with Gasteiger partial charge in [0, 0.05) is 0 Å². The highest BCUT2D eigenvalue weighted by Gasteiger charge is 2.57. The Morgan fingerprint density at radius 3 is 2.08 bits per heavy atom. The SMILES string of the molecule is COC(=O)C(=C(C)O)N1C(=O)C(N2C(=O)c3ccccc3C2=O)C1S. The number of aliphatic hydroxyl groups is 1. The number of carbonyl (C=O) groups excluding carboxylic acids is 4. The summed E-state index contributed by atoms with van der Waals surface area (Å²) in [5.41, 5.74) is 0.0445. The number of fused-ring (bicyclic) bond motifs is 1. The quantitative estimate of drug-likeness (QED) is 0.205. The third-order valence-electron chi connectivity index (χ3n) is 4.10. The first kappa shape index (κ1) is 17.0. The second-order valence-corrected chi connectivity index (χ2v) is 6.05. The van der Waals surface area contributed by atoms with E-state index in [0.717, 1.165) is 16.9 Å². The minimum Gasteiger partial charge on any atom is -0.510 e. The Bertz CT molecular complexity index is 810. The number of carbonyl (C=O) groups is 4. The summed E-state index contributed by atoms with van der Waals surface area (Å²) in [6.45, 7) is 1.22. The molecule has 1 N–H and O–H groups in total. The van der Waals surface area contributed by atoms with Crippen LogP contribution in [0, 0.1) is 0 Å². The number of methoxy groups -OCH3 is 1. The van der Waals surface area contributed by atoms with Crippen LogP contribution in [0.4, 0.5) is 0 Å². The minimum absolute atomic E-state index is 0.210. The Kier molecular flexibility index (Phi) is 4.03. The van der Waals surface area contributed by atoms with Crippen LogP contribution >= 0.6 is 12.6 Å². The molecule has 8 nitrogen and oxygen atoms in total. The van der Waals surface area contributed by atoms with Crippen molar-refractivity contribution in [3.05, 3.63) is 46.8 Å². The van der Waals surface area contributed by atoms with E-state index in [0.29, 0.717) is 0 Å². The third kappa shape index (κ3) is 2.30. The second-order valence-electron chi connectivity index (χ2n) is 5.52. The number of likely N-dealkylation sites (tertiary alicyclic amines) is 1. The molecule has 1 fully saturated rings. The number of hydrogen-bond acceptors (Lipinski definition) is 7. The number of imide groups is 1. The van der Waals surface area contributed by atoms with Gasteiger partial charge in [-0.2, -0.15) is 12.6 Å². The number of rotatable bonds is 3. The van der Waals surface area contributed by atoms with Crippen LogP contribution in [0.2, 0.25) is 0 Å². The van der Waals surface area contributed by atoms with Gasteiger partial charge in [0.25, 0.3) is 17.7 Å². The van der Waals surface area contributed by atoms with Crippen LogP contribution in [0.15, 0.2) is 35.7 Å². The number of thiol groups is 1. The van der Waals surface area contributed by atoms with E-state index in [2.05, 4.69) is 17.4 Å². The molecule has 1 aromatic carbocycles. The zero-order valence-corrected chi connectivity index (χ0v) is 14.2. The monoisotopic (exact) mass is 362 g/mol. The summed E-state index contributed by atoms with van der Waals surface area (Å²) in [4.78, 5) is 51.0. The summed E-state index contributed by atoms with van der Waals surface area (Å²) < 4.78 is 4.55. The average molecular weight is 362 g/mol. The maximum absolute atomic E-state index is 12.5. The molecule has 0 spiro atoms. The van der Waals surface area contributed by atoms with E-state index in [-0.39, 0.29) is 16.8 Å². The molecule has 25 heavy (non-hydrogen) atoms. The van der Waals surface area contributed by atoms with Crippen LogP contribution in [0.25, 0.3) is 0 Å². The van der Waals surface area contributed by atoms with Crippen molar-refractivity contribution in [2.75, 3.05) is 7.11 Å². The molecular formula is C16H14N2O6S. The van der Waals surface area contributed by atoms with E-state index >= 15 is 0 Å². The van der Waals surface area contributed by atoms with E-state index in [1.165, 1.54) is 19.1 Å². The molecule has 0 bridgehead atoms. The van der Waals surface area contributed by atoms with E-state index in [9.17, 15) is 24.3 Å². The summed E-state index contributed by atoms with van der Waals surface area (Å²) in [7, 11) is 1.10. The fourth-order valence-corrected chi connectivity index (χ4v) is 3.41.